The van der Waals surface area contributed by atoms with E-state index in [4.69, 9.17) is 4.74 Å². The van der Waals surface area contributed by atoms with Gasteiger partial charge in [0, 0.05) is 12.7 Å². The zero-order chi connectivity index (χ0) is 21.1. The van der Waals surface area contributed by atoms with Crippen molar-refractivity contribution in [3.63, 3.8) is 0 Å². The van der Waals surface area contributed by atoms with Crippen LogP contribution in [0.3, 0.4) is 0 Å². The molecule has 0 saturated carbocycles. The molecule has 8 heteroatoms. The summed E-state index contributed by atoms with van der Waals surface area (Å²) in [6.07, 6.45) is 1.55. The molecule has 7 nitrogen and oxygen atoms in total. The van der Waals surface area contributed by atoms with Crippen LogP contribution in [-0.4, -0.2) is 27.6 Å². The standard InChI is InChI=1S/C22H17FN4O3/c1-30-17-9-7-16(8-10-17)27-20-18(6-3-11-24-20)26-19(22(27)29)21(28)25-13-14-4-2-5-15(23)12-14/h2-12H,13H2,1H3,(H,25,28). The van der Waals surface area contributed by atoms with Gasteiger partial charge < -0.3 is 10.1 Å². The van der Waals surface area contributed by atoms with Crippen LogP contribution in [0, 0.1) is 5.82 Å². The van der Waals surface area contributed by atoms with Gasteiger partial charge in [-0.2, -0.15) is 0 Å². The Labute approximate surface area is 170 Å². The molecule has 2 aromatic heterocycles. The highest BCUT2D eigenvalue weighted by molar-refractivity contribution is 5.93. The molecule has 0 aliphatic rings. The molecule has 0 radical (unpaired) electrons. The minimum absolute atomic E-state index is 0.0608. The normalized spacial score (nSPS) is 10.7. The first kappa shape index (κ1) is 19.3. The van der Waals surface area contributed by atoms with Crippen LogP contribution in [0.2, 0.25) is 0 Å². The predicted octanol–water partition coefficient (Wildman–Crippen LogP) is 2.86. The Kier molecular flexibility index (Phi) is 5.21. The molecule has 1 amide bonds. The van der Waals surface area contributed by atoms with Crippen molar-refractivity contribution in [3.05, 3.63) is 94.3 Å². The second-order valence-electron chi connectivity index (χ2n) is 6.46. The third-order valence-corrected chi connectivity index (χ3v) is 4.50. The molecule has 0 aliphatic heterocycles. The highest BCUT2D eigenvalue weighted by Gasteiger charge is 2.19. The summed E-state index contributed by atoms with van der Waals surface area (Å²) < 4.78 is 19.8. The van der Waals surface area contributed by atoms with E-state index in [-0.39, 0.29) is 12.2 Å². The highest BCUT2D eigenvalue weighted by Crippen LogP contribution is 2.17. The van der Waals surface area contributed by atoms with Crippen molar-refractivity contribution in [1.82, 2.24) is 19.9 Å². The quantitative estimate of drug-likeness (QED) is 0.553. The molecule has 4 rings (SSSR count). The molecule has 0 atom stereocenters. The Hall–Kier alpha value is -4.07. The molecule has 0 spiro atoms. The third-order valence-electron chi connectivity index (χ3n) is 4.50. The Morgan fingerprint density at radius 2 is 1.93 bits per heavy atom. The maximum atomic E-state index is 13.4. The Morgan fingerprint density at radius 3 is 2.67 bits per heavy atom. The van der Waals surface area contributed by atoms with Crippen LogP contribution in [0.5, 0.6) is 5.75 Å². The number of ether oxygens (including phenoxy) is 1. The van der Waals surface area contributed by atoms with Gasteiger partial charge >= 0.3 is 0 Å². The second-order valence-corrected chi connectivity index (χ2v) is 6.46. The number of halogens is 1. The lowest BCUT2D eigenvalue weighted by Crippen LogP contribution is -2.34. The summed E-state index contributed by atoms with van der Waals surface area (Å²) in [5.74, 6) is -0.429. The summed E-state index contributed by atoms with van der Waals surface area (Å²) in [7, 11) is 1.55. The highest BCUT2D eigenvalue weighted by atomic mass is 19.1. The maximum absolute atomic E-state index is 13.4. The van der Waals surface area contributed by atoms with Crippen molar-refractivity contribution >= 4 is 17.1 Å². The molecule has 150 valence electrons. The minimum Gasteiger partial charge on any atom is -0.497 e. The summed E-state index contributed by atoms with van der Waals surface area (Å²) in [5.41, 5.74) is 0.927. The van der Waals surface area contributed by atoms with Gasteiger partial charge in [0.05, 0.1) is 12.8 Å². The van der Waals surface area contributed by atoms with Gasteiger partial charge in [0.1, 0.15) is 17.1 Å². The second kappa shape index (κ2) is 8.12. The summed E-state index contributed by atoms with van der Waals surface area (Å²) in [6.45, 7) is 0.0608. The Balaban J connectivity index is 1.75. The number of rotatable bonds is 5. The first-order chi connectivity index (χ1) is 14.6. The van der Waals surface area contributed by atoms with Crippen LogP contribution in [0.4, 0.5) is 4.39 Å². The van der Waals surface area contributed by atoms with Crippen molar-refractivity contribution in [3.8, 4) is 11.4 Å². The van der Waals surface area contributed by atoms with E-state index in [1.165, 1.54) is 16.7 Å². The average molecular weight is 404 g/mol. The minimum atomic E-state index is -0.655. The molecule has 4 aromatic rings. The number of carbonyl (C=O) groups is 1. The predicted molar refractivity (Wildman–Crippen MR) is 109 cm³/mol. The zero-order valence-electron chi connectivity index (χ0n) is 16.0. The number of amides is 1. The average Bonchev–Trinajstić information content (AvgIpc) is 2.77. The smallest absolute Gasteiger partial charge is 0.288 e. The maximum Gasteiger partial charge on any atom is 0.288 e. The lowest BCUT2D eigenvalue weighted by atomic mass is 10.2. The van der Waals surface area contributed by atoms with E-state index in [0.29, 0.717) is 28.2 Å². The SMILES string of the molecule is COc1ccc(-n2c(=O)c(C(=O)NCc3cccc(F)c3)nc3cccnc32)cc1. The van der Waals surface area contributed by atoms with E-state index in [1.54, 1.807) is 61.8 Å². The first-order valence-electron chi connectivity index (χ1n) is 9.11. The van der Waals surface area contributed by atoms with Crippen LogP contribution >= 0.6 is 0 Å². The van der Waals surface area contributed by atoms with E-state index in [1.807, 2.05) is 0 Å². The van der Waals surface area contributed by atoms with Gasteiger partial charge in [-0.25, -0.2) is 14.4 Å². The number of fused-ring (bicyclic) bond motifs is 1. The largest absolute Gasteiger partial charge is 0.497 e. The fourth-order valence-corrected chi connectivity index (χ4v) is 3.05. The lowest BCUT2D eigenvalue weighted by Gasteiger charge is -2.12. The fraction of sp³-hybridized carbons (Fsp3) is 0.0909. The fourth-order valence-electron chi connectivity index (χ4n) is 3.05. The molecular formula is C22H17FN4O3. The Bertz CT molecular complexity index is 1290. The molecule has 1 N–H and O–H groups in total. The Morgan fingerprint density at radius 1 is 1.13 bits per heavy atom. The molecule has 0 unspecified atom stereocenters. The first-order valence-corrected chi connectivity index (χ1v) is 9.11. The van der Waals surface area contributed by atoms with Crippen LogP contribution in [0.25, 0.3) is 16.9 Å². The van der Waals surface area contributed by atoms with Crippen molar-refractivity contribution in [2.45, 2.75) is 6.54 Å². The van der Waals surface area contributed by atoms with Gasteiger partial charge in [-0.05, 0) is 54.1 Å². The zero-order valence-corrected chi connectivity index (χ0v) is 16.0. The van der Waals surface area contributed by atoms with Crippen molar-refractivity contribution in [2.24, 2.45) is 0 Å². The molecule has 2 heterocycles. The lowest BCUT2D eigenvalue weighted by molar-refractivity contribution is 0.0944. The summed E-state index contributed by atoms with van der Waals surface area (Å²) >= 11 is 0. The molecule has 2 aromatic carbocycles. The number of pyridine rings is 1. The van der Waals surface area contributed by atoms with Gasteiger partial charge in [-0.1, -0.05) is 12.1 Å². The monoisotopic (exact) mass is 404 g/mol. The summed E-state index contributed by atoms with van der Waals surface area (Å²) in [4.78, 5) is 34.4. The van der Waals surface area contributed by atoms with Crippen molar-refractivity contribution < 1.29 is 13.9 Å². The number of aromatic nitrogens is 3. The van der Waals surface area contributed by atoms with E-state index in [0.717, 1.165) is 0 Å². The molecule has 0 saturated heterocycles. The van der Waals surface area contributed by atoms with Crippen LogP contribution in [0.1, 0.15) is 16.1 Å². The van der Waals surface area contributed by atoms with E-state index >= 15 is 0 Å². The number of nitrogens with one attached hydrogen (secondary N) is 1. The van der Waals surface area contributed by atoms with Gasteiger partial charge in [-0.15, -0.1) is 0 Å². The summed E-state index contributed by atoms with van der Waals surface area (Å²) in [6, 6.07) is 16.0. The molecule has 0 aliphatic carbocycles. The number of hydrogen-bond acceptors (Lipinski definition) is 5. The number of hydrogen-bond donors (Lipinski definition) is 1. The van der Waals surface area contributed by atoms with Crippen molar-refractivity contribution in [1.29, 1.82) is 0 Å². The van der Waals surface area contributed by atoms with Gasteiger partial charge in [-0.3, -0.25) is 14.2 Å². The summed E-state index contributed by atoms with van der Waals surface area (Å²) in [5, 5.41) is 2.62. The number of nitrogens with zero attached hydrogens (tertiary/aromatic N) is 3. The number of carbonyl (C=O) groups excluding carboxylic acids is 1. The van der Waals surface area contributed by atoms with Crippen LogP contribution in [-0.2, 0) is 6.54 Å². The molecule has 30 heavy (non-hydrogen) atoms. The van der Waals surface area contributed by atoms with E-state index < -0.39 is 17.3 Å². The van der Waals surface area contributed by atoms with E-state index in [2.05, 4.69) is 15.3 Å². The van der Waals surface area contributed by atoms with E-state index in [9.17, 15) is 14.0 Å². The topological polar surface area (TPSA) is 86.1 Å². The van der Waals surface area contributed by atoms with Gasteiger partial charge in [0.15, 0.2) is 11.3 Å². The number of methoxy groups -OCH3 is 1. The van der Waals surface area contributed by atoms with Crippen LogP contribution in [0.15, 0.2) is 71.7 Å². The molecular weight excluding hydrogens is 387 g/mol. The van der Waals surface area contributed by atoms with Crippen LogP contribution < -0.4 is 15.6 Å². The third kappa shape index (κ3) is 3.75. The molecule has 0 fully saturated rings. The van der Waals surface area contributed by atoms with Gasteiger partial charge in [0.25, 0.3) is 11.5 Å². The number of benzene rings is 2. The van der Waals surface area contributed by atoms with Crippen molar-refractivity contribution in [2.75, 3.05) is 7.11 Å². The molecule has 0 bridgehead atoms. The van der Waals surface area contributed by atoms with Gasteiger partial charge in [0.2, 0.25) is 0 Å².